The number of carbonyl (C=O) groups excluding carboxylic acids is 2. The van der Waals surface area contributed by atoms with E-state index in [-0.39, 0.29) is 11.7 Å². The Kier molecular flexibility index (Phi) is 8.39. The molecule has 0 aliphatic carbocycles. The molecule has 0 bridgehead atoms. The van der Waals surface area contributed by atoms with Gasteiger partial charge >= 0.3 is 0 Å². The van der Waals surface area contributed by atoms with Crippen molar-refractivity contribution in [2.24, 2.45) is 0 Å². The second kappa shape index (κ2) is 10.8. The van der Waals surface area contributed by atoms with Gasteiger partial charge in [-0.1, -0.05) is 43.7 Å². The summed E-state index contributed by atoms with van der Waals surface area (Å²) in [6, 6.07) is 15.3. The standard InChI is InChI=1S/C22H28N2O4S/c1-3-5-15-24(4-2)22(26)19-13-11-18(12-14-19)16-29(27,28)17-21(25)23-20-9-7-6-8-10-20/h6-14H,3-5,15-17H2,1-2H3,(H,23,25). The molecule has 0 unspecified atom stereocenters. The highest BCUT2D eigenvalue weighted by atomic mass is 32.2. The quantitative estimate of drug-likeness (QED) is 0.642. The Hall–Kier alpha value is -2.67. The van der Waals surface area contributed by atoms with Crippen LogP contribution in [0, 0.1) is 0 Å². The fraction of sp³-hybridized carbons (Fsp3) is 0.364. The van der Waals surface area contributed by atoms with Gasteiger partial charge in [0, 0.05) is 24.3 Å². The van der Waals surface area contributed by atoms with E-state index >= 15 is 0 Å². The van der Waals surface area contributed by atoms with Gasteiger partial charge in [-0.05, 0) is 43.2 Å². The highest BCUT2D eigenvalue weighted by molar-refractivity contribution is 7.91. The number of nitrogens with zero attached hydrogens (tertiary/aromatic N) is 1. The van der Waals surface area contributed by atoms with Gasteiger partial charge in [0.2, 0.25) is 5.91 Å². The van der Waals surface area contributed by atoms with Gasteiger partial charge in [-0.3, -0.25) is 9.59 Å². The number of rotatable bonds is 10. The summed E-state index contributed by atoms with van der Waals surface area (Å²) in [5.74, 6) is -1.48. The first-order valence-electron chi connectivity index (χ1n) is 9.78. The molecule has 2 aromatic rings. The lowest BCUT2D eigenvalue weighted by molar-refractivity contribution is -0.113. The molecule has 0 saturated carbocycles. The van der Waals surface area contributed by atoms with E-state index in [1.165, 1.54) is 0 Å². The molecule has 0 fully saturated rings. The Bertz CT molecular complexity index is 910. The smallest absolute Gasteiger partial charge is 0.253 e. The van der Waals surface area contributed by atoms with Crippen molar-refractivity contribution in [2.45, 2.75) is 32.4 Å². The van der Waals surface area contributed by atoms with Gasteiger partial charge in [-0.25, -0.2) is 8.42 Å². The largest absolute Gasteiger partial charge is 0.339 e. The van der Waals surface area contributed by atoms with E-state index in [0.29, 0.717) is 29.9 Å². The Balaban J connectivity index is 1.97. The van der Waals surface area contributed by atoms with Crippen molar-refractivity contribution in [3.05, 3.63) is 65.7 Å². The number of para-hydroxylation sites is 1. The summed E-state index contributed by atoms with van der Waals surface area (Å²) in [5.41, 5.74) is 1.63. The van der Waals surface area contributed by atoms with Gasteiger partial charge in [0.15, 0.2) is 9.84 Å². The van der Waals surface area contributed by atoms with E-state index in [1.807, 2.05) is 13.0 Å². The summed E-state index contributed by atoms with van der Waals surface area (Å²) in [7, 11) is -3.63. The number of anilines is 1. The first kappa shape index (κ1) is 22.6. The van der Waals surface area contributed by atoms with Crippen molar-refractivity contribution >= 4 is 27.3 Å². The third-order valence-electron chi connectivity index (χ3n) is 4.45. The Morgan fingerprint density at radius 1 is 0.966 bits per heavy atom. The van der Waals surface area contributed by atoms with Crippen molar-refractivity contribution < 1.29 is 18.0 Å². The van der Waals surface area contributed by atoms with Crippen LogP contribution in [0.25, 0.3) is 0 Å². The molecule has 0 spiro atoms. The lowest BCUT2D eigenvalue weighted by atomic mass is 10.1. The maximum Gasteiger partial charge on any atom is 0.253 e. The molecule has 29 heavy (non-hydrogen) atoms. The van der Waals surface area contributed by atoms with Crippen molar-refractivity contribution in [1.29, 1.82) is 0 Å². The van der Waals surface area contributed by atoms with Crippen LogP contribution in [0.5, 0.6) is 0 Å². The molecule has 0 atom stereocenters. The van der Waals surface area contributed by atoms with Crippen LogP contribution in [-0.4, -0.2) is 44.0 Å². The number of hydrogen-bond acceptors (Lipinski definition) is 4. The van der Waals surface area contributed by atoms with Gasteiger partial charge in [-0.2, -0.15) is 0 Å². The molecule has 0 saturated heterocycles. The molecule has 0 radical (unpaired) electrons. The number of hydrogen-bond donors (Lipinski definition) is 1. The summed E-state index contributed by atoms with van der Waals surface area (Å²) in [5, 5.41) is 2.58. The monoisotopic (exact) mass is 416 g/mol. The summed E-state index contributed by atoms with van der Waals surface area (Å²) < 4.78 is 24.7. The number of benzene rings is 2. The van der Waals surface area contributed by atoms with Crippen LogP contribution in [0.15, 0.2) is 54.6 Å². The molecule has 0 heterocycles. The fourth-order valence-electron chi connectivity index (χ4n) is 2.90. The molecule has 2 rings (SSSR count). The molecule has 1 N–H and O–H groups in total. The van der Waals surface area contributed by atoms with Crippen molar-refractivity contribution in [2.75, 3.05) is 24.2 Å². The molecule has 6 nitrogen and oxygen atoms in total. The highest BCUT2D eigenvalue weighted by Gasteiger charge is 2.19. The molecule has 0 aliphatic rings. The van der Waals surface area contributed by atoms with Crippen LogP contribution < -0.4 is 5.32 Å². The zero-order chi connectivity index (χ0) is 21.3. The topological polar surface area (TPSA) is 83.6 Å². The normalized spacial score (nSPS) is 11.1. The number of unbranched alkanes of at least 4 members (excludes halogenated alkanes) is 1. The maximum atomic E-state index is 12.6. The van der Waals surface area contributed by atoms with Crippen LogP contribution in [0.2, 0.25) is 0 Å². The Labute approximate surface area is 172 Å². The minimum atomic E-state index is -3.63. The minimum Gasteiger partial charge on any atom is -0.339 e. The van der Waals surface area contributed by atoms with Crippen LogP contribution in [0.3, 0.4) is 0 Å². The zero-order valence-corrected chi connectivity index (χ0v) is 17.7. The van der Waals surface area contributed by atoms with Gasteiger partial charge in [-0.15, -0.1) is 0 Å². The second-order valence-electron chi connectivity index (χ2n) is 6.88. The molecule has 2 amide bonds. The molecule has 2 aromatic carbocycles. The van der Waals surface area contributed by atoms with Crippen LogP contribution in [0.4, 0.5) is 5.69 Å². The molecule has 156 valence electrons. The van der Waals surface area contributed by atoms with Gasteiger partial charge in [0.1, 0.15) is 5.75 Å². The number of carbonyl (C=O) groups is 2. The van der Waals surface area contributed by atoms with Crippen LogP contribution >= 0.6 is 0 Å². The second-order valence-corrected chi connectivity index (χ2v) is 8.95. The van der Waals surface area contributed by atoms with Gasteiger partial charge < -0.3 is 10.2 Å². The first-order valence-corrected chi connectivity index (χ1v) is 11.6. The highest BCUT2D eigenvalue weighted by Crippen LogP contribution is 2.13. The molecule has 0 aliphatic heterocycles. The third kappa shape index (κ3) is 7.34. The summed E-state index contributed by atoms with van der Waals surface area (Å²) in [4.78, 5) is 26.3. The van der Waals surface area contributed by atoms with Gasteiger partial charge in [0.25, 0.3) is 5.91 Å². The summed E-state index contributed by atoms with van der Waals surface area (Å²) in [6.07, 6.45) is 1.96. The van der Waals surface area contributed by atoms with Crippen molar-refractivity contribution in [3.63, 3.8) is 0 Å². The molecular formula is C22H28N2O4S. The first-order chi connectivity index (χ1) is 13.8. The zero-order valence-electron chi connectivity index (χ0n) is 16.9. The average Bonchev–Trinajstić information content (AvgIpc) is 2.68. The lowest BCUT2D eigenvalue weighted by Crippen LogP contribution is -2.31. The molecule has 7 heteroatoms. The fourth-order valence-corrected chi connectivity index (χ4v) is 4.18. The van der Waals surface area contributed by atoms with Crippen LogP contribution in [-0.2, 0) is 20.4 Å². The van der Waals surface area contributed by atoms with Crippen molar-refractivity contribution in [1.82, 2.24) is 4.90 Å². The van der Waals surface area contributed by atoms with Crippen molar-refractivity contribution in [3.8, 4) is 0 Å². The van der Waals surface area contributed by atoms with E-state index in [2.05, 4.69) is 12.2 Å². The SMILES string of the molecule is CCCCN(CC)C(=O)c1ccc(CS(=O)(=O)CC(=O)Nc2ccccc2)cc1. The lowest BCUT2D eigenvalue weighted by Gasteiger charge is -2.20. The van der Waals surface area contributed by atoms with E-state index in [9.17, 15) is 18.0 Å². The van der Waals surface area contributed by atoms with E-state index in [0.717, 1.165) is 12.8 Å². The predicted molar refractivity (Wildman–Crippen MR) is 115 cm³/mol. The average molecular weight is 417 g/mol. The third-order valence-corrected chi connectivity index (χ3v) is 5.92. The summed E-state index contributed by atoms with van der Waals surface area (Å²) >= 11 is 0. The predicted octanol–water partition coefficient (Wildman–Crippen LogP) is 3.50. The summed E-state index contributed by atoms with van der Waals surface area (Å²) in [6.45, 7) is 5.35. The molecular weight excluding hydrogens is 388 g/mol. The molecule has 0 aromatic heterocycles. The number of amides is 2. The van der Waals surface area contributed by atoms with E-state index in [4.69, 9.17) is 0 Å². The van der Waals surface area contributed by atoms with Gasteiger partial charge in [0.05, 0.1) is 5.75 Å². The van der Waals surface area contributed by atoms with Crippen LogP contribution in [0.1, 0.15) is 42.6 Å². The van der Waals surface area contributed by atoms with E-state index < -0.39 is 21.5 Å². The number of sulfone groups is 1. The Morgan fingerprint density at radius 2 is 1.62 bits per heavy atom. The number of nitrogens with one attached hydrogen (secondary N) is 1. The Morgan fingerprint density at radius 3 is 2.21 bits per heavy atom. The van der Waals surface area contributed by atoms with E-state index in [1.54, 1.807) is 53.4 Å². The minimum absolute atomic E-state index is 0.0578. The maximum absolute atomic E-state index is 12.6.